The van der Waals surface area contributed by atoms with Crippen LogP contribution in [0.15, 0.2) is 59.6 Å². The van der Waals surface area contributed by atoms with Crippen molar-refractivity contribution in [2.45, 2.75) is 23.8 Å². The fourth-order valence-corrected chi connectivity index (χ4v) is 7.15. The van der Waals surface area contributed by atoms with Gasteiger partial charge in [-0.2, -0.15) is 8.68 Å². The number of aromatic nitrogens is 4. The Balaban J connectivity index is 1.32. The number of pyridine rings is 1. The van der Waals surface area contributed by atoms with Gasteiger partial charge in [0.25, 0.3) is 0 Å². The minimum absolute atomic E-state index is 0.166. The summed E-state index contributed by atoms with van der Waals surface area (Å²) in [5.41, 5.74) is 1.32. The van der Waals surface area contributed by atoms with Gasteiger partial charge < -0.3 is 4.57 Å². The fraction of sp³-hybridized carbons (Fsp3) is 0.208. The van der Waals surface area contributed by atoms with Crippen molar-refractivity contribution in [2.24, 2.45) is 0 Å². The van der Waals surface area contributed by atoms with E-state index < -0.39 is 21.7 Å². The maximum absolute atomic E-state index is 14.7. The number of imidazole rings is 1. The molecule has 7 nitrogen and oxygen atoms in total. The van der Waals surface area contributed by atoms with E-state index in [0.29, 0.717) is 35.2 Å². The van der Waals surface area contributed by atoms with Crippen LogP contribution in [-0.4, -0.2) is 44.7 Å². The van der Waals surface area contributed by atoms with Gasteiger partial charge >= 0.3 is 0 Å². The SMILES string of the molecule is O=S(=O)(c1ccc2snc(Cl)c2c1)N1CCC(n2c(-c3ccc(F)cc3F)nc3cccnc32)CC1. The van der Waals surface area contributed by atoms with Gasteiger partial charge in [0, 0.05) is 36.8 Å². The molecule has 0 aliphatic carbocycles. The molecule has 5 aromatic rings. The summed E-state index contributed by atoms with van der Waals surface area (Å²) in [5, 5.41) is 0.894. The van der Waals surface area contributed by atoms with Crippen LogP contribution in [0.2, 0.25) is 5.15 Å². The standard InChI is InChI=1S/C24H18ClF2N5O2S2/c25-22-18-13-16(4-6-21(18)35-30-22)36(33,34)31-10-7-15(8-11-31)32-23(17-5-3-14(26)12-19(17)27)29-20-2-1-9-28-24(20)32/h1-6,9,12-13,15H,7-8,10-11H2. The Kier molecular flexibility index (Phi) is 5.75. The lowest BCUT2D eigenvalue weighted by atomic mass is 10.1. The molecule has 12 heteroatoms. The number of fused-ring (bicyclic) bond motifs is 2. The van der Waals surface area contributed by atoms with Gasteiger partial charge in [-0.3, -0.25) is 0 Å². The van der Waals surface area contributed by atoms with E-state index in [2.05, 4.69) is 14.3 Å². The van der Waals surface area contributed by atoms with Gasteiger partial charge in [-0.05, 0) is 66.8 Å². The highest BCUT2D eigenvalue weighted by Crippen LogP contribution is 2.36. The predicted octanol–water partition coefficient (Wildman–Crippen LogP) is 5.67. The third kappa shape index (κ3) is 3.86. The number of nitrogens with zero attached hydrogens (tertiary/aromatic N) is 5. The zero-order valence-corrected chi connectivity index (χ0v) is 21.0. The summed E-state index contributed by atoms with van der Waals surface area (Å²) in [6.45, 7) is 0.525. The lowest BCUT2D eigenvalue weighted by Gasteiger charge is -2.32. The van der Waals surface area contributed by atoms with E-state index in [-0.39, 0.29) is 34.7 Å². The zero-order valence-electron chi connectivity index (χ0n) is 18.6. The van der Waals surface area contributed by atoms with Gasteiger partial charge in [-0.25, -0.2) is 27.2 Å². The lowest BCUT2D eigenvalue weighted by Crippen LogP contribution is -2.39. The van der Waals surface area contributed by atoms with Crippen LogP contribution in [0.4, 0.5) is 8.78 Å². The van der Waals surface area contributed by atoms with Crippen LogP contribution >= 0.6 is 23.1 Å². The number of sulfonamides is 1. The molecule has 0 saturated carbocycles. The van der Waals surface area contributed by atoms with E-state index >= 15 is 0 Å². The molecule has 1 aliphatic heterocycles. The van der Waals surface area contributed by atoms with Crippen LogP contribution in [0.1, 0.15) is 18.9 Å². The minimum Gasteiger partial charge on any atom is -0.305 e. The second-order valence-electron chi connectivity index (χ2n) is 8.54. The van der Waals surface area contributed by atoms with Gasteiger partial charge in [0.1, 0.15) is 23.0 Å². The Morgan fingerprint density at radius 1 is 1.06 bits per heavy atom. The van der Waals surface area contributed by atoms with Crippen molar-refractivity contribution < 1.29 is 17.2 Å². The molecule has 0 N–H and O–H groups in total. The molecule has 0 bridgehead atoms. The zero-order chi connectivity index (χ0) is 25.0. The van der Waals surface area contributed by atoms with Crippen LogP contribution in [0.25, 0.3) is 32.6 Å². The van der Waals surface area contributed by atoms with E-state index in [0.717, 1.165) is 10.8 Å². The summed E-state index contributed by atoms with van der Waals surface area (Å²) in [5.74, 6) is -1.05. The van der Waals surface area contributed by atoms with Crippen molar-refractivity contribution >= 4 is 54.4 Å². The van der Waals surface area contributed by atoms with Gasteiger partial charge in [0.15, 0.2) is 10.8 Å². The van der Waals surface area contributed by atoms with Crippen molar-refractivity contribution in [1.29, 1.82) is 0 Å². The van der Waals surface area contributed by atoms with Crippen LogP contribution in [0, 0.1) is 11.6 Å². The maximum Gasteiger partial charge on any atom is 0.243 e. The van der Waals surface area contributed by atoms with Crippen LogP contribution in [0.3, 0.4) is 0 Å². The largest absolute Gasteiger partial charge is 0.305 e. The van der Waals surface area contributed by atoms with Crippen molar-refractivity contribution in [3.05, 3.63) is 71.5 Å². The van der Waals surface area contributed by atoms with E-state index in [9.17, 15) is 17.2 Å². The molecule has 0 spiro atoms. The van der Waals surface area contributed by atoms with Gasteiger partial charge in [0.2, 0.25) is 10.0 Å². The Hall–Kier alpha value is -2.99. The van der Waals surface area contributed by atoms with Crippen LogP contribution in [0.5, 0.6) is 0 Å². The third-order valence-corrected chi connectivity index (χ3v) is 9.55. The van der Waals surface area contributed by atoms with Crippen LogP contribution < -0.4 is 0 Å². The number of benzene rings is 2. The summed E-state index contributed by atoms with van der Waals surface area (Å²) < 4.78 is 63.2. The first-order chi connectivity index (χ1) is 17.3. The first-order valence-corrected chi connectivity index (χ1v) is 13.8. The molecule has 2 aromatic carbocycles. The highest BCUT2D eigenvalue weighted by molar-refractivity contribution is 7.89. The molecular formula is C24H18ClF2N5O2S2. The predicted molar refractivity (Wildman–Crippen MR) is 135 cm³/mol. The second-order valence-corrected chi connectivity index (χ2v) is 11.6. The summed E-state index contributed by atoms with van der Waals surface area (Å²) in [6.07, 6.45) is 2.58. The summed E-state index contributed by atoms with van der Waals surface area (Å²) in [4.78, 5) is 9.20. The Morgan fingerprint density at radius 2 is 1.86 bits per heavy atom. The van der Waals surface area contributed by atoms with E-state index in [1.165, 1.54) is 28.0 Å². The number of halogens is 3. The van der Waals surface area contributed by atoms with Crippen molar-refractivity contribution in [2.75, 3.05) is 13.1 Å². The number of rotatable bonds is 4. The molecule has 0 radical (unpaired) electrons. The number of hydrogen-bond donors (Lipinski definition) is 0. The van der Waals surface area contributed by atoms with Gasteiger partial charge in [-0.1, -0.05) is 11.6 Å². The van der Waals surface area contributed by atoms with Crippen molar-refractivity contribution in [3.63, 3.8) is 0 Å². The van der Waals surface area contributed by atoms with Crippen LogP contribution in [-0.2, 0) is 10.0 Å². The third-order valence-electron chi connectivity index (χ3n) is 6.44. The molecule has 1 aliphatic rings. The highest BCUT2D eigenvalue weighted by atomic mass is 35.5. The Labute approximate surface area is 214 Å². The Bertz CT molecular complexity index is 1730. The smallest absolute Gasteiger partial charge is 0.243 e. The highest BCUT2D eigenvalue weighted by Gasteiger charge is 2.32. The molecule has 4 heterocycles. The summed E-state index contributed by atoms with van der Waals surface area (Å²) in [6, 6.07) is 11.6. The molecular weight excluding hydrogens is 528 g/mol. The summed E-state index contributed by atoms with van der Waals surface area (Å²) in [7, 11) is -3.75. The van der Waals surface area contributed by atoms with Crippen molar-refractivity contribution in [3.8, 4) is 11.4 Å². The molecule has 1 saturated heterocycles. The van der Waals surface area contributed by atoms with E-state index in [4.69, 9.17) is 11.6 Å². The molecule has 0 unspecified atom stereocenters. The first kappa shape index (κ1) is 23.4. The number of hydrogen-bond acceptors (Lipinski definition) is 6. The average molecular weight is 546 g/mol. The fourth-order valence-electron chi connectivity index (χ4n) is 4.67. The van der Waals surface area contributed by atoms with Gasteiger partial charge in [-0.15, -0.1) is 0 Å². The minimum atomic E-state index is -3.75. The second kappa shape index (κ2) is 8.84. The maximum atomic E-state index is 14.7. The molecule has 3 aromatic heterocycles. The topological polar surface area (TPSA) is 81.0 Å². The molecule has 0 amide bonds. The molecule has 184 valence electrons. The molecule has 36 heavy (non-hydrogen) atoms. The lowest BCUT2D eigenvalue weighted by molar-refractivity contribution is 0.278. The molecule has 1 fully saturated rings. The summed E-state index contributed by atoms with van der Waals surface area (Å²) >= 11 is 7.34. The molecule has 6 rings (SSSR count). The van der Waals surface area contributed by atoms with Gasteiger partial charge in [0.05, 0.1) is 15.2 Å². The van der Waals surface area contributed by atoms with E-state index in [1.807, 2.05) is 4.57 Å². The number of piperidine rings is 1. The Morgan fingerprint density at radius 3 is 2.64 bits per heavy atom. The monoisotopic (exact) mass is 545 g/mol. The molecule has 0 atom stereocenters. The van der Waals surface area contributed by atoms with Crippen molar-refractivity contribution in [1.82, 2.24) is 23.2 Å². The average Bonchev–Trinajstić information content (AvgIpc) is 3.44. The first-order valence-electron chi connectivity index (χ1n) is 11.2. The quantitative estimate of drug-likeness (QED) is 0.291. The normalized spacial score (nSPS) is 15.8. The van der Waals surface area contributed by atoms with E-state index in [1.54, 1.807) is 36.5 Å².